The first-order valence-corrected chi connectivity index (χ1v) is 6.56. The molecule has 0 unspecified atom stereocenters. The minimum Gasteiger partial charge on any atom is -0.382 e. The van der Waals surface area contributed by atoms with E-state index < -0.39 is 43.6 Å². The first-order chi connectivity index (χ1) is 10.5. The molecule has 0 aliphatic heterocycles. The van der Waals surface area contributed by atoms with E-state index in [0.717, 1.165) is 0 Å². The molecule has 0 aromatic carbocycles. The molecule has 23 heavy (non-hydrogen) atoms. The standard InChI is InChI=1S/C12H18F8O3/c1-21-5-6-23-8-7-22-4-2-3-10(15,16)12(19,20)11(17,18)9(13)14/h9H,2-8H2,1H3. The first kappa shape index (κ1) is 22.3. The van der Waals surface area contributed by atoms with Crippen LogP contribution in [0.1, 0.15) is 12.8 Å². The monoisotopic (exact) mass is 362 g/mol. The highest BCUT2D eigenvalue weighted by molar-refractivity contribution is 4.97. The summed E-state index contributed by atoms with van der Waals surface area (Å²) in [5, 5.41) is 0. The van der Waals surface area contributed by atoms with E-state index in [1.165, 1.54) is 7.11 Å². The highest BCUT2D eigenvalue weighted by Gasteiger charge is 2.74. The van der Waals surface area contributed by atoms with Crippen LogP contribution in [0.25, 0.3) is 0 Å². The lowest BCUT2D eigenvalue weighted by molar-refractivity contribution is -0.339. The third-order valence-corrected chi connectivity index (χ3v) is 2.74. The summed E-state index contributed by atoms with van der Waals surface area (Å²) in [5.74, 6) is -17.6. The Bertz CT molecular complexity index is 325. The lowest BCUT2D eigenvalue weighted by Crippen LogP contribution is -2.57. The molecule has 140 valence electrons. The number of ether oxygens (including phenoxy) is 3. The number of methoxy groups -OCH3 is 1. The third kappa shape index (κ3) is 6.38. The molecule has 0 saturated carbocycles. The van der Waals surface area contributed by atoms with E-state index in [0.29, 0.717) is 6.61 Å². The van der Waals surface area contributed by atoms with Crippen LogP contribution in [-0.2, 0) is 14.2 Å². The Morgan fingerprint density at radius 3 is 1.74 bits per heavy atom. The van der Waals surface area contributed by atoms with E-state index in [1.54, 1.807) is 0 Å². The molecule has 0 amide bonds. The predicted octanol–water partition coefficient (Wildman–Crippen LogP) is 3.62. The van der Waals surface area contributed by atoms with Crippen LogP contribution < -0.4 is 0 Å². The molecular weight excluding hydrogens is 344 g/mol. The molecule has 0 aromatic rings. The molecule has 0 heterocycles. The Labute approximate surface area is 127 Å². The molecule has 3 nitrogen and oxygen atoms in total. The number of alkyl halides is 8. The van der Waals surface area contributed by atoms with Crippen molar-refractivity contribution in [3.63, 3.8) is 0 Å². The Morgan fingerprint density at radius 2 is 1.26 bits per heavy atom. The Hall–Kier alpha value is -0.680. The molecule has 0 saturated heterocycles. The van der Waals surface area contributed by atoms with Crippen molar-refractivity contribution in [1.29, 1.82) is 0 Å². The van der Waals surface area contributed by atoms with Crippen molar-refractivity contribution >= 4 is 0 Å². The van der Waals surface area contributed by atoms with Gasteiger partial charge in [-0.2, -0.15) is 26.3 Å². The van der Waals surface area contributed by atoms with Crippen LogP contribution in [0, 0.1) is 0 Å². The number of hydrogen-bond donors (Lipinski definition) is 0. The molecular formula is C12H18F8O3. The molecule has 0 aliphatic rings. The molecule has 0 rings (SSSR count). The first-order valence-electron chi connectivity index (χ1n) is 6.56. The quantitative estimate of drug-likeness (QED) is 0.370. The molecule has 0 fully saturated rings. The Kier molecular flexibility index (Phi) is 9.29. The van der Waals surface area contributed by atoms with Gasteiger partial charge in [-0.15, -0.1) is 0 Å². The summed E-state index contributed by atoms with van der Waals surface area (Å²) in [5.41, 5.74) is 0. The van der Waals surface area contributed by atoms with Crippen LogP contribution in [0.4, 0.5) is 35.1 Å². The number of halogens is 8. The van der Waals surface area contributed by atoms with Crippen molar-refractivity contribution in [2.45, 2.75) is 37.0 Å². The molecule has 0 spiro atoms. The van der Waals surface area contributed by atoms with Gasteiger partial charge in [0, 0.05) is 20.1 Å². The van der Waals surface area contributed by atoms with Gasteiger partial charge < -0.3 is 14.2 Å². The second-order valence-electron chi connectivity index (χ2n) is 4.52. The van der Waals surface area contributed by atoms with Gasteiger partial charge in [0.2, 0.25) is 0 Å². The van der Waals surface area contributed by atoms with Crippen LogP contribution in [0.15, 0.2) is 0 Å². The van der Waals surface area contributed by atoms with Crippen molar-refractivity contribution in [2.75, 3.05) is 40.1 Å². The van der Waals surface area contributed by atoms with Crippen LogP contribution in [-0.4, -0.2) is 64.3 Å². The summed E-state index contributed by atoms with van der Waals surface area (Å²) in [6.45, 7) is 0.240. The molecule has 0 aliphatic carbocycles. The highest BCUT2D eigenvalue weighted by atomic mass is 19.4. The third-order valence-electron chi connectivity index (χ3n) is 2.74. The van der Waals surface area contributed by atoms with Gasteiger partial charge in [-0.25, -0.2) is 8.78 Å². The van der Waals surface area contributed by atoms with Crippen molar-refractivity contribution in [3.8, 4) is 0 Å². The van der Waals surface area contributed by atoms with Crippen molar-refractivity contribution in [1.82, 2.24) is 0 Å². The average Bonchev–Trinajstić information content (AvgIpc) is 2.44. The van der Waals surface area contributed by atoms with E-state index in [4.69, 9.17) is 9.47 Å². The maximum Gasteiger partial charge on any atom is 0.377 e. The molecule has 0 aromatic heterocycles. The summed E-state index contributed by atoms with van der Waals surface area (Å²) in [6.07, 6.45) is -7.32. The maximum atomic E-state index is 13.1. The minimum absolute atomic E-state index is 0.0289. The molecule has 11 heteroatoms. The SMILES string of the molecule is COCCOCCOCCCC(F)(F)C(F)(F)C(F)(F)C(F)F. The van der Waals surface area contributed by atoms with E-state index >= 15 is 0 Å². The van der Waals surface area contributed by atoms with Gasteiger partial charge in [0.05, 0.1) is 26.4 Å². The summed E-state index contributed by atoms with van der Waals surface area (Å²) in [7, 11) is 1.45. The summed E-state index contributed by atoms with van der Waals surface area (Å²) < 4.78 is 115. The highest BCUT2D eigenvalue weighted by Crippen LogP contribution is 2.50. The minimum atomic E-state index is -6.16. The fourth-order valence-electron chi connectivity index (χ4n) is 1.40. The van der Waals surface area contributed by atoms with Gasteiger partial charge in [0.1, 0.15) is 0 Å². The second kappa shape index (κ2) is 9.58. The van der Waals surface area contributed by atoms with Crippen LogP contribution in [0.5, 0.6) is 0 Å². The predicted molar refractivity (Wildman–Crippen MR) is 63.6 cm³/mol. The maximum absolute atomic E-state index is 13.1. The fraction of sp³-hybridized carbons (Fsp3) is 1.00. The van der Waals surface area contributed by atoms with Crippen LogP contribution in [0.3, 0.4) is 0 Å². The molecule has 0 bridgehead atoms. The van der Waals surface area contributed by atoms with E-state index in [1.807, 2.05) is 0 Å². The van der Waals surface area contributed by atoms with Gasteiger partial charge >= 0.3 is 24.2 Å². The van der Waals surface area contributed by atoms with Crippen molar-refractivity contribution < 1.29 is 49.3 Å². The van der Waals surface area contributed by atoms with Gasteiger partial charge in [0.25, 0.3) is 0 Å². The second-order valence-corrected chi connectivity index (χ2v) is 4.52. The number of rotatable bonds is 13. The van der Waals surface area contributed by atoms with Crippen LogP contribution in [0.2, 0.25) is 0 Å². The Balaban J connectivity index is 4.13. The van der Waals surface area contributed by atoms with E-state index in [-0.39, 0.29) is 19.8 Å². The lowest BCUT2D eigenvalue weighted by Gasteiger charge is -2.32. The molecule has 0 radical (unpaired) electrons. The average molecular weight is 362 g/mol. The van der Waals surface area contributed by atoms with E-state index in [2.05, 4.69) is 4.74 Å². The normalized spacial score (nSPS) is 13.8. The van der Waals surface area contributed by atoms with Crippen molar-refractivity contribution in [2.24, 2.45) is 0 Å². The zero-order chi connectivity index (χ0) is 18.1. The lowest BCUT2D eigenvalue weighted by atomic mass is 10.0. The molecule has 0 atom stereocenters. The zero-order valence-corrected chi connectivity index (χ0v) is 12.3. The van der Waals surface area contributed by atoms with E-state index in [9.17, 15) is 35.1 Å². The van der Waals surface area contributed by atoms with Gasteiger partial charge in [0.15, 0.2) is 0 Å². The topological polar surface area (TPSA) is 27.7 Å². The van der Waals surface area contributed by atoms with Crippen LogP contribution >= 0.6 is 0 Å². The smallest absolute Gasteiger partial charge is 0.377 e. The summed E-state index contributed by atoms with van der Waals surface area (Å²) in [6, 6.07) is 0. The van der Waals surface area contributed by atoms with Gasteiger partial charge in [-0.1, -0.05) is 0 Å². The summed E-state index contributed by atoms with van der Waals surface area (Å²) >= 11 is 0. The Morgan fingerprint density at radius 1 is 0.783 bits per heavy atom. The van der Waals surface area contributed by atoms with Crippen molar-refractivity contribution in [3.05, 3.63) is 0 Å². The number of hydrogen-bond acceptors (Lipinski definition) is 3. The summed E-state index contributed by atoms with van der Waals surface area (Å²) in [4.78, 5) is 0. The zero-order valence-electron chi connectivity index (χ0n) is 12.3. The molecule has 0 N–H and O–H groups in total. The van der Waals surface area contributed by atoms with Gasteiger partial charge in [-0.05, 0) is 6.42 Å². The fourth-order valence-corrected chi connectivity index (χ4v) is 1.40. The largest absolute Gasteiger partial charge is 0.382 e. The van der Waals surface area contributed by atoms with Gasteiger partial charge in [-0.3, -0.25) is 0 Å².